The standard InChI is InChI=1S/C26H47N.BrH/c1-4-5-6-7-8-9-10-11-12-13-14-15-16-17-21-24-26(27(2)3)25-22-19-18-20-23-25;/h18-20,22-23,26H,4-17,21,24H2,1-3H3;1H. The van der Waals surface area contributed by atoms with Crippen molar-refractivity contribution in [3.63, 3.8) is 0 Å². The zero-order chi connectivity index (χ0) is 19.6. The van der Waals surface area contributed by atoms with Gasteiger partial charge in [-0.15, -0.1) is 17.0 Å². The van der Waals surface area contributed by atoms with E-state index in [0.717, 1.165) is 0 Å². The summed E-state index contributed by atoms with van der Waals surface area (Å²) in [6, 6.07) is 11.6. The third-order valence-electron chi connectivity index (χ3n) is 5.89. The SMILES string of the molecule is Br.CCCCCCCCCCCCCCCCCC(c1ccccc1)N(C)C. The van der Waals surface area contributed by atoms with Gasteiger partial charge in [0.25, 0.3) is 0 Å². The highest BCUT2D eigenvalue weighted by atomic mass is 79.9. The van der Waals surface area contributed by atoms with Crippen LogP contribution in [0.3, 0.4) is 0 Å². The molecule has 0 fully saturated rings. The summed E-state index contributed by atoms with van der Waals surface area (Å²) in [7, 11) is 4.42. The molecular weight excluding hydrogens is 406 g/mol. The van der Waals surface area contributed by atoms with E-state index in [4.69, 9.17) is 0 Å². The van der Waals surface area contributed by atoms with Crippen LogP contribution in [0.4, 0.5) is 0 Å². The molecule has 2 heteroatoms. The van der Waals surface area contributed by atoms with Crippen LogP contribution in [0.15, 0.2) is 30.3 Å². The maximum absolute atomic E-state index is 2.37. The van der Waals surface area contributed by atoms with Crippen molar-refractivity contribution in [2.45, 2.75) is 116 Å². The monoisotopic (exact) mass is 453 g/mol. The predicted octanol–water partition coefficient (Wildman–Crippen LogP) is 9.13. The van der Waals surface area contributed by atoms with Crippen molar-refractivity contribution < 1.29 is 0 Å². The Kier molecular flexibility index (Phi) is 19.7. The second kappa shape index (κ2) is 20.0. The first-order chi connectivity index (χ1) is 13.3. The Labute approximate surface area is 187 Å². The van der Waals surface area contributed by atoms with E-state index in [1.54, 1.807) is 0 Å². The van der Waals surface area contributed by atoms with Crippen LogP contribution < -0.4 is 0 Å². The fourth-order valence-electron chi connectivity index (χ4n) is 4.11. The number of rotatable bonds is 18. The molecule has 1 atom stereocenters. The van der Waals surface area contributed by atoms with Crippen molar-refractivity contribution in [1.29, 1.82) is 0 Å². The molecule has 0 N–H and O–H groups in total. The molecular formula is C26H48BrN. The molecule has 164 valence electrons. The average Bonchev–Trinajstić information content (AvgIpc) is 2.68. The highest BCUT2D eigenvalue weighted by molar-refractivity contribution is 8.93. The number of halogens is 1. The van der Waals surface area contributed by atoms with Crippen molar-refractivity contribution in [1.82, 2.24) is 4.90 Å². The largest absolute Gasteiger partial charge is 0.302 e. The number of nitrogens with zero attached hydrogens (tertiary/aromatic N) is 1. The smallest absolute Gasteiger partial charge is 0.0342 e. The molecule has 0 spiro atoms. The lowest BCUT2D eigenvalue weighted by Crippen LogP contribution is -2.19. The van der Waals surface area contributed by atoms with Gasteiger partial charge in [0.2, 0.25) is 0 Å². The Morgan fingerprint density at radius 1 is 0.607 bits per heavy atom. The first-order valence-electron chi connectivity index (χ1n) is 12.0. The number of unbranched alkanes of at least 4 members (excludes halogenated alkanes) is 14. The maximum Gasteiger partial charge on any atom is 0.0342 e. The van der Waals surface area contributed by atoms with E-state index >= 15 is 0 Å². The summed E-state index contributed by atoms with van der Waals surface area (Å²) in [5.41, 5.74) is 1.47. The Morgan fingerprint density at radius 2 is 1.00 bits per heavy atom. The minimum atomic E-state index is 0. The molecule has 0 saturated heterocycles. The third-order valence-corrected chi connectivity index (χ3v) is 5.89. The predicted molar refractivity (Wildman–Crippen MR) is 133 cm³/mol. The topological polar surface area (TPSA) is 3.24 Å². The lowest BCUT2D eigenvalue weighted by atomic mass is 9.98. The molecule has 0 aliphatic rings. The molecule has 1 nitrogen and oxygen atoms in total. The summed E-state index contributed by atoms with van der Waals surface area (Å²) in [6.07, 6.45) is 22.9. The molecule has 0 bridgehead atoms. The van der Waals surface area contributed by atoms with Crippen LogP contribution in [0.1, 0.15) is 121 Å². The Bertz CT molecular complexity index is 418. The highest BCUT2D eigenvalue weighted by Gasteiger charge is 2.12. The van der Waals surface area contributed by atoms with Gasteiger partial charge in [-0.05, 0) is 26.1 Å². The van der Waals surface area contributed by atoms with E-state index in [-0.39, 0.29) is 17.0 Å². The minimum absolute atomic E-state index is 0. The van der Waals surface area contributed by atoms with Crippen molar-refractivity contribution in [2.24, 2.45) is 0 Å². The van der Waals surface area contributed by atoms with Crippen molar-refractivity contribution in [2.75, 3.05) is 14.1 Å². The molecule has 0 aromatic heterocycles. The molecule has 0 aliphatic heterocycles. The zero-order valence-electron chi connectivity index (χ0n) is 19.1. The van der Waals surface area contributed by atoms with Gasteiger partial charge in [-0.1, -0.05) is 134 Å². The average molecular weight is 455 g/mol. The first-order valence-corrected chi connectivity index (χ1v) is 12.0. The highest BCUT2D eigenvalue weighted by Crippen LogP contribution is 2.24. The van der Waals surface area contributed by atoms with Gasteiger partial charge in [0.15, 0.2) is 0 Å². The summed E-state index contributed by atoms with van der Waals surface area (Å²) in [4.78, 5) is 2.37. The van der Waals surface area contributed by atoms with Gasteiger partial charge < -0.3 is 4.90 Å². The number of benzene rings is 1. The van der Waals surface area contributed by atoms with Gasteiger partial charge in [0.1, 0.15) is 0 Å². The summed E-state index contributed by atoms with van der Waals surface area (Å²) >= 11 is 0. The summed E-state index contributed by atoms with van der Waals surface area (Å²) < 4.78 is 0. The first kappa shape index (κ1) is 27.7. The van der Waals surface area contributed by atoms with Gasteiger partial charge in [-0.3, -0.25) is 0 Å². The minimum Gasteiger partial charge on any atom is -0.302 e. The Hall–Kier alpha value is -0.340. The lowest BCUT2D eigenvalue weighted by Gasteiger charge is -2.24. The van der Waals surface area contributed by atoms with E-state index in [9.17, 15) is 0 Å². The van der Waals surface area contributed by atoms with Gasteiger partial charge in [0, 0.05) is 6.04 Å². The molecule has 0 amide bonds. The molecule has 28 heavy (non-hydrogen) atoms. The van der Waals surface area contributed by atoms with Gasteiger partial charge >= 0.3 is 0 Å². The molecule has 0 heterocycles. The quantitative estimate of drug-likeness (QED) is 0.200. The molecule has 1 aromatic rings. The third kappa shape index (κ3) is 14.6. The summed E-state index contributed by atoms with van der Waals surface area (Å²) in [5.74, 6) is 0. The Balaban J connectivity index is 0.00000729. The van der Waals surface area contributed by atoms with Crippen LogP contribution in [0.5, 0.6) is 0 Å². The molecule has 1 aromatic carbocycles. The van der Waals surface area contributed by atoms with Crippen LogP contribution in [0.2, 0.25) is 0 Å². The lowest BCUT2D eigenvalue weighted by molar-refractivity contribution is 0.276. The molecule has 0 saturated carbocycles. The molecule has 0 aliphatic carbocycles. The second-order valence-electron chi connectivity index (χ2n) is 8.63. The van der Waals surface area contributed by atoms with E-state index in [0.29, 0.717) is 6.04 Å². The zero-order valence-corrected chi connectivity index (χ0v) is 20.8. The maximum atomic E-state index is 2.37. The number of hydrogen-bond donors (Lipinski definition) is 0. The van der Waals surface area contributed by atoms with E-state index < -0.39 is 0 Å². The van der Waals surface area contributed by atoms with Gasteiger partial charge in [-0.25, -0.2) is 0 Å². The van der Waals surface area contributed by atoms with Crippen LogP contribution in [-0.4, -0.2) is 19.0 Å². The van der Waals surface area contributed by atoms with Crippen LogP contribution >= 0.6 is 17.0 Å². The molecule has 1 unspecified atom stereocenters. The van der Waals surface area contributed by atoms with Gasteiger partial charge in [0.05, 0.1) is 0 Å². The van der Waals surface area contributed by atoms with Crippen molar-refractivity contribution in [3.8, 4) is 0 Å². The van der Waals surface area contributed by atoms with Crippen LogP contribution in [0, 0.1) is 0 Å². The second-order valence-corrected chi connectivity index (χ2v) is 8.63. The summed E-state index contributed by atoms with van der Waals surface area (Å²) in [5, 5.41) is 0. The summed E-state index contributed by atoms with van der Waals surface area (Å²) in [6.45, 7) is 2.30. The van der Waals surface area contributed by atoms with E-state index in [2.05, 4.69) is 56.3 Å². The van der Waals surface area contributed by atoms with E-state index in [1.807, 2.05) is 0 Å². The van der Waals surface area contributed by atoms with Gasteiger partial charge in [-0.2, -0.15) is 0 Å². The van der Waals surface area contributed by atoms with Crippen molar-refractivity contribution in [3.05, 3.63) is 35.9 Å². The molecule has 1 rings (SSSR count). The molecule has 0 radical (unpaired) electrons. The van der Waals surface area contributed by atoms with E-state index in [1.165, 1.54) is 108 Å². The normalized spacial score (nSPS) is 12.1. The fourth-order valence-corrected chi connectivity index (χ4v) is 4.11. The van der Waals surface area contributed by atoms with Crippen LogP contribution in [-0.2, 0) is 0 Å². The van der Waals surface area contributed by atoms with Crippen LogP contribution in [0.25, 0.3) is 0 Å². The fraction of sp³-hybridized carbons (Fsp3) is 0.769. The number of hydrogen-bond acceptors (Lipinski definition) is 1. The van der Waals surface area contributed by atoms with Crippen molar-refractivity contribution >= 4 is 17.0 Å². The Morgan fingerprint density at radius 3 is 1.39 bits per heavy atom.